The molecule has 0 amide bonds. The van der Waals surface area contributed by atoms with Crippen molar-refractivity contribution < 1.29 is 19.1 Å². The van der Waals surface area contributed by atoms with Gasteiger partial charge >= 0.3 is 5.97 Å². The smallest absolute Gasteiger partial charge is 0.306 e. The van der Waals surface area contributed by atoms with Crippen molar-refractivity contribution in [3.05, 3.63) is 0 Å². The van der Waals surface area contributed by atoms with Gasteiger partial charge in [-0.1, -0.05) is 13.3 Å². The third-order valence-corrected chi connectivity index (χ3v) is 10.2. The van der Waals surface area contributed by atoms with Crippen LogP contribution in [0.5, 0.6) is 0 Å². The molecule has 0 aliphatic heterocycles. The molecule has 0 spiro atoms. The highest BCUT2D eigenvalue weighted by Gasteiger charge is 2.45. The van der Waals surface area contributed by atoms with Gasteiger partial charge in [0.25, 0.3) is 0 Å². The summed E-state index contributed by atoms with van der Waals surface area (Å²) >= 11 is 0. The van der Waals surface area contributed by atoms with Crippen LogP contribution in [0.2, 0.25) is 0 Å². The molecule has 0 N–H and O–H groups in total. The lowest BCUT2D eigenvalue weighted by Crippen LogP contribution is -2.40. The molecule has 5 rings (SSSR count). The van der Waals surface area contributed by atoms with E-state index in [1.54, 1.807) is 0 Å². The Balaban J connectivity index is 1.06. The van der Waals surface area contributed by atoms with E-state index < -0.39 is 0 Å². The van der Waals surface area contributed by atoms with Gasteiger partial charge < -0.3 is 14.3 Å². The molecule has 1 unspecified atom stereocenters. The first-order chi connectivity index (χ1) is 16.6. The van der Waals surface area contributed by atoms with Crippen LogP contribution in [-0.2, 0) is 19.1 Å². The van der Waals surface area contributed by atoms with E-state index >= 15 is 0 Å². The second-order valence-corrected chi connectivity index (χ2v) is 12.3. The number of aldehydes is 1. The molecule has 4 nitrogen and oxygen atoms in total. The topological polar surface area (TPSA) is 52.6 Å². The maximum atomic E-state index is 11.9. The highest BCUT2D eigenvalue weighted by atomic mass is 16.5. The Bertz CT molecular complexity index is 608. The average molecular weight is 475 g/mol. The molecule has 194 valence electrons. The summed E-state index contributed by atoms with van der Waals surface area (Å²) in [6.45, 7) is 2.90. The maximum Gasteiger partial charge on any atom is 0.306 e. The summed E-state index contributed by atoms with van der Waals surface area (Å²) in [5.41, 5.74) is 0.353. The van der Waals surface area contributed by atoms with Crippen LogP contribution in [0.1, 0.15) is 129 Å². The number of hydrogen-bond donors (Lipinski definition) is 0. The van der Waals surface area contributed by atoms with E-state index in [1.807, 2.05) is 6.92 Å². The Morgan fingerprint density at radius 1 is 0.853 bits per heavy atom. The van der Waals surface area contributed by atoms with Gasteiger partial charge in [-0.25, -0.2) is 0 Å². The van der Waals surface area contributed by atoms with Crippen LogP contribution < -0.4 is 0 Å². The van der Waals surface area contributed by atoms with Crippen molar-refractivity contribution in [2.75, 3.05) is 6.61 Å². The largest absolute Gasteiger partial charge is 0.462 e. The molecule has 34 heavy (non-hydrogen) atoms. The Hall–Kier alpha value is -0.900. The summed E-state index contributed by atoms with van der Waals surface area (Å²) < 4.78 is 11.9. The predicted octanol–water partition coefficient (Wildman–Crippen LogP) is 7.42. The molecule has 1 atom stereocenters. The van der Waals surface area contributed by atoms with Gasteiger partial charge in [-0.2, -0.15) is 0 Å². The van der Waals surface area contributed by atoms with Crippen LogP contribution in [-0.4, -0.2) is 31.1 Å². The number of esters is 1. The average Bonchev–Trinajstić information content (AvgIpc) is 2.88. The first-order valence-electron chi connectivity index (χ1n) is 14.9. The van der Waals surface area contributed by atoms with E-state index in [4.69, 9.17) is 9.47 Å². The monoisotopic (exact) mass is 474 g/mol. The van der Waals surface area contributed by atoms with Crippen LogP contribution in [0, 0.1) is 29.1 Å². The van der Waals surface area contributed by atoms with E-state index in [-0.39, 0.29) is 18.0 Å². The standard InChI is InChI=1S/C30H50O4/c1-2-5-29(32)34-28-13-9-25(10-14-28)24-7-11-27(12-8-24)33-21-4-3-6-26(22-31)30-18-15-23(16-19-30)17-20-30/h22-28H,2-21H2,1H3. The predicted molar refractivity (Wildman–Crippen MR) is 135 cm³/mol. The molecule has 5 saturated carbocycles. The van der Waals surface area contributed by atoms with Crippen LogP contribution in [0.25, 0.3) is 0 Å². The summed E-state index contributed by atoms with van der Waals surface area (Å²) in [4.78, 5) is 23.7. The first-order valence-corrected chi connectivity index (χ1v) is 14.9. The van der Waals surface area contributed by atoms with Crippen LogP contribution in [0.3, 0.4) is 0 Å². The van der Waals surface area contributed by atoms with Crippen LogP contribution >= 0.6 is 0 Å². The number of fused-ring (bicyclic) bond motifs is 3. The van der Waals surface area contributed by atoms with Gasteiger partial charge in [0.15, 0.2) is 0 Å². The second-order valence-electron chi connectivity index (χ2n) is 12.3. The summed E-state index contributed by atoms with van der Waals surface area (Å²) in [6, 6.07) is 0. The summed E-state index contributed by atoms with van der Waals surface area (Å²) in [7, 11) is 0. The Labute approximate surface area is 208 Å². The zero-order valence-corrected chi connectivity index (χ0v) is 21.8. The minimum atomic E-state index is -0.00825. The van der Waals surface area contributed by atoms with E-state index in [0.717, 1.165) is 62.9 Å². The normalized spacial score (nSPS) is 36.7. The van der Waals surface area contributed by atoms with Crippen LogP contribution in [0.15, 0.2) is 0 Å². The van der Waals surface area contributed by atoms with Gasteiger partial charge in [-0.3, -0.25) is 4.79 Å². The van der Waals surface area contributed by atoms with Crippen molar-refractivity contribution in [2.45, 2.75) is 141 Å². The number of rotatable bonds is 12. The molecule has 2 bridgehead atoms. The minimum absolute atomic E-state index is 0.00825. The molecular formula is C30H50O4. The van der Waals surface area contributed by atoms with Gasteiger partial charge in [0, 0.05) is 18.9 Å². The second kappa shape index (κ2) is 12.9. The van der Waals surface area contributed by atoms with Crippen molar-refractivity contribution in [1.82, 2.24) is 0 Å². The van der Waals surface area contributed by atoms with Crippen molar-refractivity contribution in [3.8, 4) is 0 Å². The van der Waals surface area contributed by atoms with Crippen molar-refractivity contribution in [1.29, 1.82) is 0 Å². The van der Waals surface area contributed by atoms with Gasteiger partial charge in [0.1, 0.15) is 12.4 Å². The molecule has 5 fully saturated rings. The fourth-order valence-corrected chi connectivity index (χ4v) is 7.93. The third kappa shape index (κ3) is 6.86. The molecule has 0 aromatic heterocycles. The number of ether oxygens (including phenoxy) is 2. The van der Waals surface area contributed by atoms with Crippen molar-refractivity contribution >= 4 is 12.3 Å². The molecule has 4 heteroatoms. The quantitative estimate of drug-likeness (QED) is 0.168. The molecular weight excluding hydrogens is 424 g/mol. The number of unbranched alkanes of at least 4 members (excludes halogenated alkanes) is 1. The Morgan fingerprint density at radius 3 is 2.00 bits per heavy atom. The lowest BCUT2D eigenvalue weighted by Gasteiger charge is -2.49. The molecule has 5 aliphatic rings. The van der Waals surface area contributed by atoms with E-state index in [1.165, 1.54) is 83.3 Å². The molecule has 0 aromatic rings. The maximum absolute atomic E-state index is 11.9. The lowest BCUT2D eigenvalue weighted by molar-refractivity contribution is -0.151. The number of carbonyl (C=O) groups is 2. The highest BCUT2D eigenvalue weighted by Crippen LogP contribution is 2.54. The van der Waals surface area contributed by atoms with Crippen molar-refractivity contribution in [3.63, 3.8) is 0 Å². The number of hydrogen-bond acceptors (Lipinski definition) is 4. The molecule has 0 heterocycles. The summed E-state index contributed by atoms with van der Waals surface area (Å²) in [6.07, 6.45) is 24.2. The molecule has 0 aromatic carbocycles. The van der Waals surface area contributed by atoms with E-state index in [9.17, 15) is 9.59 Å². The van der Waals surface area contributed by atoms with Gasteiger partial charge in [0.2, 0.25) is 0 Å². The SMILES string of the molecule is CCCC(=O)OC1CCC(C2CCC(OCCCCC(C=O)C34CCC(CC3)CC4)CC2)CC1. The fraction of sp³-hybridized carbons (Fsp3) is 0.933. The first kappa shape index (κ1) is 26.2. The Kier molecular flexibility index (Phi) is 9.91. The van der Waals surface area contributed by atoms with Crippen LogP contribution in [0.4, 0.5) is 0 Å². The molecule has 0 saturated heterocycles. The van der Waals surface area contributed by atoms with E-state index in [2.05, 4.69) is 0 Å². The summed E-state index contributed by atoms with van der Waals surface area (Å²) in [5.74, 6) is 2.89. The third-order valence-electron chi connectivity index (χ3n) is 10.2. The van der Waals surface area contributed by atoms with Gasteiger partial charge in [-0.15, -0.1) is 0 Å². The fourth-order valence-electron chi connectivity index (χ4n) is 7.93. The minimum Gasteiger partial charge on any atom is -0.462 e. The van der Waals surface area contributed by atoms with Gasteiger partial charge in [-0.05, 0) is 132 Å². The highest BCUT2D eigenvalue weighted by molar-refractivity contribution is 5.69. The lowest BCUT2D eigenvalue weighted by atomic mass is 9.55. The van der Waals surface area contributed by atoms with Crippen molar-refractivity contribution in [2.24, 2.45) is 29.1 Å². The van der Waals surface area contributed by atoms with Gasteiger partial charge in [0.05, 0.1) is 6.10 Å². The molecule has 0 radical (unpaired) electrons. The zero-order valence-electron chi connectivity index (χ0n) is 21.8. The Morgan fingerprint density at radius 2 is 1.44 bits per heavy atom. The zero-order chi connectivity index (χ0) is 23.8. The molecule has 5 aliphatic carbocycles. The number of carbonyl (C=O) groups excluding carboxylic acids is 2. The summed E-state index contributed by atoms with van der Waals surface area (Å²) in [5, 5.41) is 0. The van der Waals surface area contributed by atoms with E-state index in [0.29, 0.717) is 17.9 Å².